The van der Waals surface area contributed by atoms with Crippen molar-refractivity contribution < 1.29 is 4.39 Å². The summed E-state index contributed by atoms with van der Waals surface area (Å²) in [6, 6.07) is 5.04. The van der Waals surface area contributed by atoms with Gasteiger partial charge in [0.1, 0.15) is 11.5 Å². The maximum Gasteiger partial charge on any atom is 0.229 e. The fourth-order valence-corrected chi connectivity index (χ4v) is 4.90. The maximum absolute atomic E-state index is 14.7. The average molecular weight is 461 g/mol. The third-order valence-corrected chi connectivity index (χ3v) is 6.55. The van der Waals surface area contributed by atoms with E-state index in [-0.39, 0.29) is 17.6 Å². The zero-order chi connectivity index (χ0) is 23.8. The Bertz CT molecular complexity index is 1200. The zero-order valence-electron chi connectivity index (χ0n) is 19.6. The molecule has 4 N–H and O–H groups in total. The van der Waals surface area contributed by atoms with Crippen molar-refractivity contribution in [2.24, 2.45) is 5.92 Å². The van der Waals surface area contributed by atoms with Crippen LogP contribution in [0.5, 0.6) is 0 Å². The van der Waals surface area contributed by atoms with Crippen LogP contribution in [0.4, 0.5) is 21.8 Å². The quantitative estimate of drug-likeness (QED) is 0.524. The predicted molar refractivity (Wildman–Crippen MR) is 133 cm³/mol. The van der Waals surface area contributed by atoms with Crippen LogP contribution in [-0.2, 0) is 0 Å². The van der Waals surface area contributed by atoms with E-state index >= 15 is 0 Å². The maximum atomic E-state index is 14.7. The fraction of sp³-hybridized carbons (Fsp3) is 0.360. The molecule has 2 aliphatic heterocycles. The molecule has 0 saturated carbocycles. The van der Waals surface area contributed by atoms with Crippen LogP contribution in [0.1, 0.15) is 26.0 Å². The Hall–Kier alpha value is -3.59. The van der Waals surface area contributed by atoms with Crippen molar-refractivity contribution in [3.05, 3.63) is 65.5 Å². The summed E-state index contributed by atoms with van der Waals surface area (Å²) in [4.78, 5) is 15.4. The normalized spacial score (nSPS) is 22.9. The Morgan fingerprint density at radius 2 is 2.09 bits per heavy atom. The first-order chi connectivity index (χ1) is 16.4. The number of aromatic nitrogens is 3. The minimum absolute atomic E-state index is 0.176. The highest BCUT2D eigenvalue weighted by Crippen LogP contribution is 2.30. The number of fused-ring (bicyclic) bond motifs is 2. The molecule has 8 nitrogen and oxygen atoms in total. The van der Waals surface area contributed by atoms with E-state index in [4.69, 9.17) is 5.41 Å². The first-order valence-corrected chi connectivity index (χ1v) is 11.6. The molecule has 176 valence electrons. The van der Waals surface area contributed by atoms with Gasteiger partial charge in [0, 0.05) is 49.1 Å². The SMILES string of the molecule is CN/C(=C1/C=C(c2nc(Nc3ccc(N4C[C@@H]5C[C@H]4CN5)cn3)ncc2F)C=CC1=N)C(C)C. The number of halogens is 1. The van der Waals surface area contributed by atoms with E-state index in [0.717, 1.165) is 36.2 Å². The highest BCUT2D eigenvalue weighted by Gasteiger charge is 2.37. The van der Waals surface area contributed by atoms with Gasteiger partial charge in [-0.15, -0.1) is 0 Å². The molecule has 5 rings (SSSR count). The molecule has 0 aromatic carbocycles. The number of allylic oxidation sites excluding steroid dienone is 6. The van der Waals surface area contributed by atoms with Crippen LogP contribution in [0.2, 0.25) is 0 Å². The summed E-state index contributed by atoms with van der Waals surface area (Å²) in [7, 11) is 1.83. The molecule has 2 fully saturated rings. The summed E-state index contributed by atoms with van der Waals surface area (Å²) in [6.45, 7) is 6.13. The number of nitrogens with zero attached hydrogens (tertiary/aromatic N) is 4. The molecule has 34 heavy (non-hydrogen) atoms. The lowest BCUT2D eigenvalue weighted by molar-refractivity contribution is 0.580. The molecular weight excluding hydrogens is 431 g/mol. The molecule has 1 aliphatic carbocycles. The summed E-state index contributed by atoms with van der Waals surface area (Å²) >= 11 is 0. The number of pyridine rings is 1. The average Bonchev–Trinajstić information content (AvgIpc) is 3.46. The smallest absolute Gasteiger partial charge is 0.229 e. The van der Waals surface area contributed by atoms with E-state index in [1.807, 2.05) is 25.4 Å². The van der Waals surface area contributed by atoms with Gasteiger partial charge >= 0.3 is 0 Å². The van der Waals surface area contributed by atoms with E-state index in [2.05, 4.69) is 49.6 Å². The van der Waals surface area contributed by atoms with Gasteiger partial charge in [-0.3, -0.25) is 0 Å². The van der Waals surface area contributed by atoms with Crippen LogP contribution in [0.25, 0.3) is 5.57 Å². The Morgan fingerprint density at radius 3 is 2.74 bits per heavy atom. The number of anilines is 3. The third kappa shape index (κ3) is 4.19. The Balaban J connectivity index is 1.38. The fourth-order valence-electron chi connectivity index (χ4n) is 4.90. The van der Waals surface area contributed by atoms with Crippen LogP contribution in [0.15, 0.2) is 54.0 Å². The van der Waals surface area contributed by atoms with Crippen LogP contribution in [0.3, 0.4) is 0 Å². The summed E-state index contributed by atoms with van der Waals surface area (Å²) in [5.74, 6) is 0.527. The van der Waals surface area contributed by atoms with E-state index in [9.17, 15) is 4.39 Å². The van der Waals surface area contributed by atoms with Gasteiger partial charge in [-0.05, 0) is 36.6 Å². The Labute approximate surface area is 198 Å². The largest absolute Gasteiger partial charge is 0.391 e. The predicted octanol–water partition coefficient (Wildman–Crippen LogP) is 3.41. The highest BCUT2D eigenvalue weighted by molar-refractivity contribution is 6.13. The van der Waals surface area contributed by atoms with E-state index < -0.39 is 5.82 Å². The summed E-state index contributed by atoms with van der Waals surface area (Å²) < 4.78 is 14.7. The molecule has 2 aromatic rings. The zero-order valence-corrected chi connectivity index (χ0v) is 19.6. The topological polar surface area (TPSA) is 102 Å². The van der Waals surface area contributed by atoms with Gasteiger partial charge in [-0.2, -0.15) is 0 Å². The van der Waals surface area contributed by atoms with Gasteiger partial charge in [0.15, 0.2) is 5.82 Å². The third-order valence-electron chi connectivity index (χ3n) is 6.55. The monoisotopic (exact) mass is 460 g/mol. The Kier molecular flexibility index (Phi) is 5.87. The molecule has 3 aliphatic rings. The van der Waals surface area contributed by atoms with Crippen molar-refractivity contribution in [2.75, 3.05) is 30.4 Å². The van der Waals surface area contributed by atoms with Crippen molar-refractivity contribution >= 4 is 28.7 Å². The number of rotatable bonds is 6. The first kappa shape index (κ1) is 22.2. The van der Waals surface area contributed by atoms with Gasteiger partial charge in [-0.1, -0.05) is 19.9 Å². The molecule has 0 radical (unpaired) electrons. The molecule has 2 bridgehead atoms. The molecule has 0 amide bonds. The van der Waals surface area contributed by atoms with Crippen molar-refractivity contribution in [1.82, 2.24) is 25.6 Å². The second-order valence-electron chi connectivity index (χ2n) is 9.14. The lowest BCUT2D eigenvalue weighted by atomic mass is 9.93. The number of nitrogens with one attached hydrogen (secondary N) is 4. The van der Waals surface area contributed by atoms with Crippen molar-refractivity contribution in [2.45, 2.75) is 32.4 Å². The molecular formula is C25H29FN8. The molecule has 4 heterocycles. The standard InChI is InChI=1S/C25H29FN8/c1-14(2)23(28-3)19-8-15(4-6-21(19)27)24-20(26)12-31-25(33-24)32-22-7-5-17(10-30-22)34-13-16-9-18(34)11-29-16/h4-8,10,12,14,16,18,27-29H,9,11,13H2,1-3H3,(H,30,31,32,33)/b23-19-,27-21?/t16-,18-/m0/s1. The van der Waals surface area contributed by atoms with Crippen molar-refractivity contribution in [1.29, 1.82) is 5.41 Å². The minimum atomic E-state index is -0.522. The lowest BCUT2D eigenvalue weighted by Gasteiger charge is -2.29. The van der Waals surface area contributed by atoms with Gasteiger partial charge in [-0.25, -0.2) is 19.3 Å². The van der Waals surface area contributed by atoms with Gasteiger partial charge in [0.25, 0.3) is 0 Å². The van der Waals surface area contributed by atoms with E-state index in [1.165, 1.54) is 6.42 Å². The van der Waals surface area contributed by atoms with Crippen molar-refractivity contribution in [3.8, 4) is 0 Å². The highest BCUT2D eigenvalue weighted by atomic mass is 19.1. The summed E-state index contributed by atoms with van der Waals surface area (Å²) in [5, 5.41) is 18.1. The van der Waals surface area contributed by atoms with E-state index in [0.29, 0.717) is 29.2 Å². The first-order valence-electron chi connectivity index (χ1n) is 11.6. The van der Waals surface area contributed by atoms with Crippen LogP contribution < -0.4 is 20.9 Å². The lowest BCUT2D eigenvalue weighted by Crippen LogP contribution is -2.43. The number of hydrogen-bond donors (Lipinski definition) is 4. The Morgan fingerprint density at radius 1 is 1.24 bits per heavy atom. The van der Waals surface area contributed by atoms with Crippen LogP contribution in [0, 0.1) is 17.1 Å². The second kappa shape index (κ2) is 8.98. The molecule has 2 saturated heterocycles. The van der Waals surface area contributed by atoms with Crippen molar-refractivity contribution in [3.63, 3.8) is 0 Å². The van der Waals surface area contributed by atoms with Crippen LogP contribution in [-0.4, -0.2) is 52.9 Å². The molecule has 0 unspecified atom stereocenters. The number of piperazine rings is 1. The molecule has 2 aromatic heterocycles. The number of hydrogen-bond acceptors (Lipinski definition) is 8. The van der Waals surface area contributed by atoms with Gasteiger partial charge in [0.2, 0.25) is 5.95 Å². The molecule has 9 heteroatoms. The minimum Gasteiger partial charge on any atom is -0.391 e. The second-order valence-corrected chi connectivity index (χ2v) is 9.14. The summed E-state index contributed by atoms with van der Waals surface area (Å²) in [6.07, 6.45) is 9.37. The van der Waals surface area contributed by atoms with Gasteiger partial charge < -0.3 is 26.3 Å². The van der Waals surface area contributed by atoms with E-state index in [1.54, 1.807) is 18.2 Å². The molecule has 0 spiro atoms. The van der Waals surface area contributed by atoms with Crippen LogP contribution >= 0.6 is 0 Å². The summed E-state index contributed by atoms with van der Waals surface area (Å²) in [5.41, 5.74) is 3.89. The van der Waals surface area contributed by atoms with Gasteiger partial charge in [0.05, 0.1) is 23.8 Å². The molecule has 2 atom stereocenters.